The van der Waals surface area contributed by atoms with Gasteiger partial charge in [-0.05, 0) is 6.92 Å². The molecule has 2 N–H and O–H groups in total. The van der Waals surface area contributed by atoms with Crippen LogP contribution in [0.3, 0.4) is 0 Å². The quantitative estimate of drug-likeness (QED) is 0.696. The lowest BCUT2D eigenvalue weighted by Gasteiger charge is -2.16. The van der Waals surface area contributed by atoms with Crippen molar-refractivity contribution in [2.24, 2.45) is 5.73 Å². The van der Waals surface area contributed by atoms with Gasteiger partial charge < -0.3 is 19.8 Å². The number of aromatic nitrogens is 2. The van der Waals surface area contributed by atoms with Crippen molar-refractivity contribution >= 4 is 6.01 Å². The third-order valence-electron chi connectivity index (χ3n) is 1.85. The molecule has 0 amide bonds. The summed E-state index contributed by atoms with van der Waals surface area (Å²) in [7, 11) is 1.66. The molecule has 0 aliphatic carbocycles. The van der Waals surface area contributed by atoms with Crippen molar-refractivity contribution in [2.75, 3.05) is 31.7 Å². The molecular formula is C8H16N4O2. The Morgan fingerprint density at radius 3 is 2.79 bits per heavy atom. The second-order valence-corrected chi connectivity index (χ2v) is 2.75. The maximum Gasteiger partial charge on any atom is 0.318 e. The highest BCUT2D eigenvalue weighted by Crippen LogP contribution is 2.10. The molecule has 1 aromatic heterocycles. The van der Waals surface area contributed by atoms with Crippen LogP contribution in [-0.4, -0.2) is 37.0 Å². The highest BCUT2D eigenvalue weighted by Gasteiger charge is 2.11. The van der Waals surface area contributed by atoms with E-state index in [0.29, 0.717) is 18.5 Å². The van der Waals surface area contributed by atoms with E-state index in [-0.39, 0.29) is 6.54 Å². The molecule has 6 heteroatoms. The van der Waals surface area contributed by atoms with Crippen LogP contribution in [0.15, 0.2) is 4.42 Å². The van der Waals surface area contributed by atoms with Crippen LogP contribution in [0, 0.1) is 0 Å². The fourth-order valence-corrected chi connectivity index (χ4v) is 1.05. The highest BCUT2D eigenvalue weighted by atomic mass is 16.5. The van der Waals surface area contributed by atoms with Crippen LogP contribution in [0.5, 0.6) is 0 Å². The van der Waals surface area contributed by atoms with Crippen LogP contribution in [0.25, 0.3) is 0 Å². The minimum Gasteiger partial charge on any atom is -0.407 e. The molecule has 80 valence electrons. The molecule has 0 saturated heterocycles. The van der Waals surface area contributed by atoms with Gasteiger partial charge in [0, 0.05) is 20.2 Å². The first kappa shape index (κ1) is 10.9. The van der Waals surface area contributed by atoms with E-state index in [1.54, 1.807) is 7.11 Å². The van der Waals surface area contributed by atoms with Crippen molar-refractivity contribution in [1.82, 2.24) is 10.2 Å². The Balaban J connectivity index is 2.58. The van der Waals surface area contributed by atoms with Crippen molar-refractivity contribution in [1.29, 1.82) is 0 Å². The van der Waals surface area contributed by atoms with Crippen LogP contribution in [0.1, 0.15) is 12.8 Å². The summed E-state index contributed by atoms with van der Waals surface area (Å²) in [5, 5.41) is 7.67. The normalized spacial score (nSPS) is 10.5. The van der Waals surface area contributed by atoms with E-state index in [2.05, 4.69) is 10.2 Å². The molecule has 0 fully saturated rings. The second kappa shape index (κ2) is 5.56. The van der Waals surface area contributed by atoms with Gasteiger partial charge in [0.15, 0.2) is 0 Å². The van der Waals surface area contributed by atoms with Crippen molar-refractivity contribution < 1.29 is 9.15 Å². The van der Waals surface area contributed by atoms with Gasteiger partial charge in [-0.2, -0.15) is 0 Å². The molecule has 1 aromatic rings. The highest BCUT2D eigenvalue weighted by molar-refractivity contribution is 5.23. The van der Waals surface area contributed by atoms with Crippen molar-refractivity contribution in [3.05, 3.63) is 5.89 Å². The third-order valence-corrected chi connectivity index (χ3v) is 1.85. The SMILES string of the molecule is CCN(CCOC)c1nnc(CN)o1. The lowest BCUT2D eigenvalue weighted by Crippen LogP contribution is -2.27. The fraction of sp³-hybridized carbons (Fsp3) is 0.750. The molecule has 0 spiro atoms. The van der Waals surface area contributed by atoms with Crippen LogP contribution in [0.4, 0.5) is 6.01 Å². The lowest BCUT2D eigenvalue weighted by atomic mass is 10.5. The minimum atomic E-state index is 0.273. The standard InChI is InChI=1S/C8H16N4O2/c1-3-12(4-5-13-2)8-11-10-7(6-9)14-8/h3-6,9H2,1-2H3. The summed E-state index contributed by atoms with van der Waals surface area (Å²) >= 11 is 0. The summed E-state index contributed by atoms with van der Waals surface area (Å²) in [6.45, 7) is 4.46. The molecule has 0 unspecified atom stereocenters. The molecule has 0 aliphatic heterocycles. The Morgan fingerprint density at radius 1 is 1.50 bits per heavy atom. The largest absolute Gasteiger partial charge is 0.407 e. The summed E-state index contributed by atoms with van der Waals surface area (Å²) in [4.78, 5) is 1.94. The van der Waals surface area contributed by atoms with Crippen LogP contribution in [0.2, 0.25) is 0 Å². The molecule has 0 aromatic carbocycles. The Kier molecular flexibility index (Phi) is 4.34. The Bertz CT molecular complexity index is 264. The van der Waals surface area contributed by atoms with Crippen molar-refractivity contribution in [2.45, 2.75) is 13.5 Å². The fourth-order valence-electron chi connectivity index (χ4n) is 1.05. The van der Waals surface area contributed by atoms with Gasteiger partial charge in [-0.15, -0.1) is 5.10 Å². The zero-order chi connectivity index (χ0) is 10.4. The van der Waals surface area contributed by atoms with Gasteiger partial charge in [0.2, 0.25) is 5.89 Å². The van der Waals surface area contributed by atoms with E-state index in [0.717, 1.165) is 13.1 Å². The molecule has 0 saturated carbocycles. The predicted molar refractivity (Wildman–Crippen MR) is 52.0 cm³/mol. The Hall–Kier alpha value is -1.14. The molecule has 0 radical (unpaired) electrons. The summed E-state index contributed by atoms with van der Waals surface area (Å²) in [6, 6.07) is 0.505. The Labute approximate surface area is 83.0 Å². The van der Waals surface area contributed by atoms with E-state index < -0.39 is 0 Å². The van der Waals surface area contributed by atoms with Gasteiger partial charge in [-0.25, -0.2) is 0 Å². The number of methoxy groups -OCH3 is 1. The van der Waals surface area contributed by atoms with E-state index >= 15 is 0 Å². The number of hydrogen-bond donors (Lipinski definition) is 1. The van der Waals surface area contributed by atoms with E-state index in [1.165, 1.54) is 0 Å². The van der Waals surface area contributed by atoms with Gasteiger partial charge in [0.05, 0.1) is 13.2 Å². The first-order valence-electron chi connectivity index (χ1n) is 4.58. The lowest BCUT2D eigenvalue weighted by molar-refractivity contribution is 0.204. The summed E-state index contributed by atoms with van der Waals surface area (Å²) in [5.74, 6) is 0.455. The molecule has 6 nitrogen and oxygen atoms in total. The van der Waals surface area contributed by atoms with E-state index in [9.17, 15) is 0 Å². The molecular weight excluding hydrogens is 184 g/mol. The average Bonchev–Trinajstić information content (AvgIpc) is 2.68. The van der Waals surface area contributed by atoms with Gasteiger partial charge >= 0.3 is 6.01 Å². The van der Waals surface area contributed by atoms with E-state index in [4.69, 9.17) is 14.9 Å². The monoisotopic (exact) mass is 200 g/mol. The second-order valence-electron chi connectivity index (χ2n) is 2.75. The molecule has 14 heavy (non-hydrogen) atoms. The number of nitrogens with zero attached hydrogens (tertiary/aromatic N) is 3. The van der Waals surface area contributed by atoms with Gasteiger partial charge in [0.1, 0.15) is 0 Å². The van der Waals surface area contributed by atoms with Crippen molar-refractivity contribution in [3.63, 3.8) is 0 Å². The number of hydrogen-bond acceptors (Lipinski definition) is 6. The first-order valence-corrected chi connectivity index (χ1v) is 4.58. The number of likely N-dealkylation sites (N-methyl/N-ethyl adjacent to an activating group) is 1. The smallest absolute Gasteiger partial charge is 0.318 e. The van der Waals surface area contributed by atoms with E-state index in [1.807, 2.05) is 11.8 Å². The topological polar surface area (TPSA) is 77.4 Å². The zero-order valence-corrected chi connectivity index (χ0v) is 8.56. The summed E-state index contributed by atoms with van der Waals surface area (Å²) in [6.07, 6.45) is 0. The van der Waals surface area contributed by atoms with Crippen molar-refractivity contribution in [3.8, 4) is 0 Å². The zero-order valence-electron chi connectivity index (χ0n) is 8.56. The van der Waals surface area contributed by atoms with Gasteiger partial charge in [0.25, 0.3) is 0 Å². The molecule has 1 rings (SSSR count). The minimum absolute atomic E-state index is 0.273. The summed E-state index contributed by atoms with van der Waals surface area (Å²) in [5.41, 5.74) is 5.37. The third kappa shape index (κ3) is 2.68. The van der Waals surface area contributed by atoms with Crippen LogP contribution < -0.4 is 10.6 Å². The Morgan fingerprint density at radius 2 is 2.29 bits per heavy atom. The molecule has 0 atom stereocenters. The molecule has 0 aliphatic rings. The van der Waals surface area contributed by atoms with Gasteiger partial charge in [-0.1, -0.05) is 5.10 Å². The number of anilines is 1. The maximum absolute atomic E-state index is 5.37. The summed E-state index contributed by atoms with van der Waals surface area (Å²) < 4.78 is 10.3. The van der Waals surface area contributed by atoms with Gasteiger partial charge in [-0.3, -0.25) is 0 Å². The number of ether oxygens (including phenoxy) is 1. The number of nitrogens with two attached hydrogens (primary N) is 1. The van der Waals surface area contributed by atoms with Crippen LogP contribution >= 0.6 is 0 Å². The predicted octanol–water partition coefficient (Wildman–Crippen LogP) is 0.00100. The molecule has 1 heterocycles. The number of rotatable bonds is 6. The average molecular weight is 200 g/mol. The first-order chi connectivity index (χ1) is 6.81. The molecule has 0 bridgehead atoms. The van der Waals surface area contributed by atoms with Crippen LogP contribution in [-0.2, 0) is 11.3 Å². The maximum atomic E-state index is 5.37.